The van der Waals surface area contributed by atoms with E-state index in [1.54, 1.807) is 38.2 Å². The van der Waals surface area contributed by atoms with Gasteiger partial charge in [-0.3, -0.25) is 14.8 Å². The van der Waals surface area contributed by atoms with Gasteiger partial charge >= 0.3 is 0 Å². The molecule has 39 heavy (non-hydrogen) atoms. The molecule has 0 aliphatic rings. The van der Waals surface area contributed by atoms with Crippen molar-refractivity contribution in [2.45, 2.75) is 27.3 Å². The Balaban J connectivity index is 1.27. The number of rotatable bonds is 7. The molecule has 0 spiro atoms. The van der Waals surface area contributed by atoms with E-state index in [4.69, 9.17) is 0 Å². The normalized spacial score (nSPS) is 10.9. The minimum atomic E-state index is -0.803. The molecule has 0 atom stereocenters. The molecule has 0 fully saturated rings. The molecule has 2 N–H and O–H groups in total. The number of aromatic nitrogens is 6. The average molecular weight is 545 g/mol. The average Bonchev–Trinajstić information content (AvgIpc) is 3.32. The lowest BCUT2D eigenvalue weighted by atomic mass is 10.1. The summed E-state index contributed by atoms with van der Waals surface area (Å²) in [5, 5.41) is 5.76. The minimum Gasteiger partial charge on any atom is -0.346 e. The first kappa shape index (κ1) is 25.9. The molecule has 5 aromatic heterocycles. The number of amides is 1. The number of carbonyl (C=O) groups excluding carboxylic acids is 1. The topological polar surface area (TPSA) is 118 Å². The Bertz CT molecular complexity index is 1670. The van der Waals surface area contributed by atoms with Gasteiger partial charge in [-0.15, -0.1) is 0 Å². The lowest BCUT2D eigenvalue weighted by molar-refractivity contribution is 0.0941. The van der Waals surface area contributed by atoms with Crippen molar-refractivity contribution in [3.8, 4) is 22.6 Å². The molecule has 5 rings (SSSR count). The molecule has 0 radical (unpaired) electrons. The zero-order valence-corrected chi connectivity index (χ0v) is 22.0. The van der Waals surface area contributed by atoms with E-state index >= 15 is 0 Å². The Kier molecular flexibility index (Phi) is 7.28. The summed E-state index contributed by atoms with van der Waals surface area (Å²) in [6, 6.07) is 9.64. The molecule has 0 saturated heterocycles. The Morgan fingerprint density at radius 2 is 1.77 bits per heavy atom. The number of aryl methyl sites for hydroxylation is 3. The molecule has 0 saturated carbocycles. The summed E-state index contributed by atoms with van der Waals surface area (Å²) in [4.78, 5) is 34.9. The third-order valence-corrected chi connectivity index (χ3v) is 6.35. The van der Waals surface area contributed by atoms with Crippen molar-refractivity contribution in [1.29, 1.82) is 0 Å². The van der Waals surface area contributed by atoms with Gasteiger partial charge in [0.05, 0.1) is 11.9 Å². The highest BCUT2D eigenvalue weighted by Crippen LogP contribution is 2.23. The standard InChI is InChI=1S/C27H22F2N8OS/c1-14-6-23(35-24-7-15(2)39-37-24)36-26(34-14)18-8-21(29)25(32-12-18)27(38)33-11-17-4-5-22(31-10-17)20-9-19(28)13-30-16(20)3/h4-10,12-13H,11H2,1-3H3,(H,33,38)(H,34,35,36,37). The molecule has 5 aromatic rings. The largest absolute Gasteiger partial charge is 0.346 e. The van der Waals surface area contributed by atoms with Crippen molar-refractivity contribution in [3.63, 3.8) is 0 Å². The first-order valence-corrected chi connectivity index (χ1v) is 12.6. The second kappa shape index (κ2) is 11.0. The lowest BCUT2D eigenvalue weighted by Gasteiger charge is -2.09. The van der Waals surface area contributed by atoms with Crippen LogP contribution in [0.15, 0.2) is 55.0 Å². The van der Waals surface area contributed by atoms with Crippen LogP contribution in [0.3, 0.4) is 0 Å². The SMILES string of the molecule is Cc1cc(Nc2cc(C)sn2)nc(-c2cnc(C(=O)NCc3ccc(-c4cc(F)cnc4C)nc3)c(F)c2)n1. The smallest absolute Gasteiger partial charge is 0.273 e. The second-order valence-corrected chi connectivity index (χ2v) is 9.75. The Hall–Kier alpha value is -4.71. The maximum atomic E-state index is 14.9. The van der Waals surface area contributed by atoms with E-state index in [0.717, 1.165) is 11.1 Å². The summed E-state index contributed by atoms with van der Waals surface area (Å²) in [6.45, 7) is 5.61. The molecule has 196 valence electrons. The number of halogens is 2. The molecule has 0 unspecified atom stereocenters. The van der Waals surface area contributed by atoms with Crippen LogP contribution in [0.1, 0.15) is 32.3 Å². The quantitative estimate of drug-likeness (QED) is 0.282. The Morgan fingerprint density at radius 1 is 0.923 bits per heavy atom. The summed E-state index contributed by atoms with van der Waals surface area (Å²) in [7, 11) is 0. The van der Waals surface area contributed by atoms with Gasteiger partial charge in [-0.25, -0.2) is 23.7 Å². The highest BCUT2D eigenvalue weighted by Gasteiger charge is 2.17. The van der Waals surface area contributed by atoms with Crippen molar-refractivity contribution in [2.24, 2.45) is 0 Å². The number of nitrogens with zero attached hydrogens (tertiary/aromatic N) is 6. The molecule has 0 aromatic carbocycles. The molecular weight excluding hydrogens is 522 g/mol. The Labute approximate surface area is 226 Å². The van der Waals surface area contributed by atoms with Gasteiger partial charge in [0.15, 0.2) is 17.3 Å². The van der Waals surface area contributed by atoms with Crippen LogP contribution in [0.5, 0.6) is 0 Å². The molecular formula is C27H22F2N8OS. The molecule has 12 heteroatoms. The third kappa shape index (κ3) is 6.07. The first-order chi connectivity index (χ1) is 18.7. The van der Waals surface area contributed by atoms with E-state index in [1.807, 2.05) is 13.0 Å². The van der Waals surface area contributed by atoms with Crippen molar-refractivity contribution >= 4 is 29.1 Å². The van der Waals surface area contributed by atoms with Crippen LogP contribution in [-0.4, -0.2) is 35.2 Å². The van der Waals surface area contributed by atoms with Crippen LogP contribution >= 0.6 is 11.5 Å². The number of anilines is 2. The summed E-state index contributed by atoms with van der Waals surface area (Å²) in [5.74, 6) is -0.511. The van der Waals surface area contributed by atoms with E-state index in [9.17, 15) is 13.6 Å². The lowest BCUT2D eigenvalue weighted by Crippen LogP contribution is -2.25. The highest BCUT2D eigenvalue weighted by atomic mass is 32.1. The summed E-state index contributed by atoms with van der Waals surface area (Å²) in [6.07, 6.45) is 4.06. The van der Waals surface area contributed by atoms with Crippen molar-refractivity contribution in [2.75, 3.05) is 5.32 Å². The van der Waals surface area contributed by atoms with Crippen LogP contribution in [-0.2, 0) is 6.54 Å². The predicted molar refractivity (Wildman–Crippen MR) is 143 cm³/mol. The fourth-order valence-corrected chi connectivity index (χ4v) is 4.27. The van der Waals surface area contributed by atoms with Gasteiger partial charge in [0.25, 0.3) is 5.91 Å². The molecule has 1 amide bonds. The van der Waals surface area contributed by atoms with E-state index in [0.29, 0.717) is 45.4 Å². The van der Waals surface area contributed by atoms with Gasteiger partial charge < -0.3 is 10.6 Å². The summed E-state index contributed by atoms with van der Waals surface area (Å²) in [5.41, 5.74) is 3.09. The van der Waals surface area contributed by atoms with Crippen LogP contribution in [0, 0.1) is 32.4 Å². The minimum absolute atomic E-state index is 0.0987. The van der Waals surface area contributed by atoms with Crippen LogP contribution in [0.4, 0.5) is 20.4 Å². The number of nitrogens with one attached hydrogen (secondary N) is 2. The monoisotopic (exact) mass is 544 g/mol. The van der Waals surface area contributed by atoms with Gasteiger partial charge in [0, 0.05) is 52.4 Å². The molecule has 0 aliphatic heterocycles. The van der Waals surface area contributed by atoms with E-state index in [1.165, 1.54) is 29.9 Å². The maximum Gasteiger partial charge on any atom is 0.273 e. The van der Waals surface area contributed by atoms with Crippen molar-refractivity contribution in [3.05, 3.63) is 94.1 Å². The van der Waals surface area contributed by atoms with Gasteiger partial charge in [-0.05, 0) is 62.1 Å². The fraction of sp³-hybridized carbons (Fsp3) is 0.148. The molecule has 9 nitrogen and oxygen atoms in total. The molecule has 0 aliphatic carbocycles. The number of hydrogen-bond donors (Lipinski definition) is 2. The zero-order valence-electron chi connectivity index (χ0n) is 21.2. The van der Waals surface area contributed by atoms with Crippen LogP contribution < -0.4 is 10.6 Å². The van der Waals surface area contributed by atoms with Gasteiger partial charge in [-0.2, -0.15) is 4.37 Å². The fourth-order valence-electron chi connectivity index (χ4n) is 3.77. The second-order valence-electron chi connectivity index (χ2n) is 8.74. The number of carbonyl (C=O) groups is 1. The first-order valence-electron chi connectivity index (χ1n) is 11.8. The third-order valence-electron chi connectivity index (χ3n) is 5.66. The molecule has 0 bridgehead atoms. The van der Waals surface area contributed by atoms with E-state index in [-0.39, 0.29) is 18.1 Å². The molecule has 5 heterocycles. The zero-order chi connectivity index (χ0) is 27.5. The van der Waals surface area contributed by atoms with E-state index < -0.39 is 17.5 Å². The Morgan fingerprint density at radius 3 is 2.49 bits per heavy atom. The van der Waals surface area contributed by atoms with Gasteiger partial charge in [-0.1, -0.05) is 6.07 Å². The highest BCUT2D eigenvalue weighted by molar-refractivity contribution is 7.06. The summed E-state index contributed by atoms with van der Waals surface area (Å²) < 4.78 is 32.8. The van der Waals surface area contributed by atoms with Gasteiger partial charge in [0.1, 0.15) is 17.5 Å². The van der Waals surface area contributed by atoms with Crippen LogP contribution in [0.2, 0.25) is 0 Å². The van der Waals surface area contributed by atoms with E-state index in [2.05, 4.69) is 39.9 Å². The number of pyridine rings is 3. The van der Waals surface area contributed by atoms with Crippen molar-refractivity contribution in [1.82, 2.24) is 34.6 Å². The van der Waals surface area contributed by atoms with Crippen molar-refractivity contribution < 1.29 is 13.6 Å². The predicted octanol–water partition coefficient (Wildman–Crippen LogP) is 5.33. The van der Waals surface area contributed by atoms with Gasteiger partial charge in [0.2, 0.25) is 0 Å². The maximum absolute atomic E-state index is 14.9. The van der Waals surface area contributed by atoms with Crippen LogP contribution in [0.25, 0.3) is 22.6 Å². The number of hydrogen-bond acceptors (Lipinski definition) is 9. The summed E-state index contributed by atoms with van der Waals surface area (Å²) >= 11 is 1.37.